The summed E-state index contributed by atoms with van der Waals surface area (Å²) in [6, 6.07) is 0. The summed E-state index contributed by atoms with van der Waals surface area (Å²) in [5, 5.41) is 0. The summed E-state index contributed by atoms with van der Waals surface area (Å²) in [6.45, 7) is 1.38. The lowest BCUT2D eigenvalue weighted by atomic mass is 9.58. The molecule has 4 heteroatoms. The third kappa shape index (κ3) is 1.67. The van der Waals surface area contributed by atoms with Gasteiger partial charge in [-0.25, -0.2) is 0 Å². The second kappa shape index (κ2) is 3.93. The molecule has 2 aliphatic rings. The molecule has 0 spiro atoms. The zero-order valence-electron chi connectivity index (χ0n) is 8.95. The van der Waals surface area contributed by atoms with Gasteiger partial charge in [-0.3, -0.25) is 9.59 Å². The van der Waals surface area contributed by atoms with E-state index >= 15 is 0 Å². The van der Waals surface area contributed by atoms with Gasteiger partial charge in [0.2, 0.25) is 0 Å². The maximum absolute atomic E-state index is 11.7. The maximum atomic E-state index is 11.7. The minimum absolute atomic E-state index is 0.173. The molecule has 0 aromatic heterocycles. The number of hydrogen-bond acceptors (Lipinski definition) is 4. The van der Waals surface area contributed by atoms with Crippen molar-refractivity contribution >= 4 is 11.8 Å². The van der Waals surface area contributed by atoms with Crippen LogP contribution in [0.5, 0.6) is 0 Å². The number of methoxy groups -OCH3 is 1. The van der Waals surface area contributed by atoms with Gasteiger partial charge in [-0.05, 0) is 18.8 Å². The fourth-order valence-electron chi connectivity index (χ4n) is 2.71. The van der Waals surface area contributed by atoms with Crippen molar-refractivity contribution in [2.75, 3.05) is 20.3 Å². The molecule has 84 valence electrons. The summed E-state index contributed by atoms with van der Waals surface area (Å²) < 4.78 is 10.1. The van der Waals surface area contributed by atoms with Crippen LogP contribution in [0.25, 0.3) is 0 Å². The summed E-state index contributed by atoms with van der Waals surface area (Å²) in [6.07, 6.45) is 2.46. The molecule has 0 atom stereocenters. The molecule has 0 aromatic rings. The van der Waals surface area contributed by atoms with Crippen LogP contribution < -0.4 is 0 Å². The van der Waals surface area contributed by atoms with E-state index in [1.54, 1.807) is 0 Å². The van der Waals surface area contributed by atoms with E-state index in [9.17, 15) is 9.59 Å². The van der Waals surface area contributed by atoms with Crippen molar-refractivity contribution in [1.29, 1.82) is 0 Å². The van der Waals surface area contributed by atoms with Crippen molar-refractivity contribution in [3.8, 4) is 0 Å². The molecule has 4 nitrogen and oxygen atoms in total. The van der Waals surface area contributed by atoms with E-state index in [1.165, 1.54) is 7.11 Å². The van der Waals surface area contributed by atoms with E-state index < -0.39 is 5.41 Å². The highest BCUT2D eigenvalue weighted by atomic mass is 16.5. The molecule has 0 unspecified atom stereocenters. The van der Waals surface area contributed by atoms with Crippen LogP contribution in [-0.2, 0) is 19.1 Å². The third-order valence-electron chi connectivity index (χ3n) is 3.62. The van der Waals surface area contributed by atoms with Crippen molar-refractivity contribution in [2.24, 2.45) is 11.3 Å². The Kier molecular flexibility index (Phi) is 2.78. The fourth-order valence-corrected chi connectivity index (χ4v) is 2.71. The highest BCUT2D eigenvalue weighted by Crippen LogP contribution is 2.49. The molecule has 0 aromatic carbocycles. The van der Waals surface area contributed by atoms with Gasteiger partial charge in [0, 0.05) is 26.1 Å². The van der Waals surface area contributed by atoms with Crippen molar-refractivity contribution in [3.05, 3.63) is 0 Å². The molecule has 0 amide bonds. The smallest absolute Gasteiger partial charge is 0.312 e. The van der Waals surface area contributed by atoms with E-state index in [0.29, 0.717) is 26.1 Å². The lowest BCUT2D eigenvalue weighted by molar-refractivity contribution is -0.172. The van der Waals surface area contributed by atoms with E-state index in [4.69, 9.17) is 9.47 Å². The van der Waals surface area contributed by atoms with Gasteiger partial charge in [-0.1, -0.05) is 0 Å². The molecule has 0 radical (unpaired) electrons. The monoisotopic (exact) mass is 212 g/mol. The Hall–Kier alpha value is -0.900. The Morgan fingerprint density at radius 3 is 2.47 bits per heavy atom. The minimum atomic E-state index is -0.518. The van der Waals surface area contributed by atoms with Gasteiger partial charge < -0.3 is 9.47 Å². The molecular formula is C11H16O4. The van der Waals surface area contributed by atoms with Gasteiger partial charge in [-0.2, -0.15) is 0 Å². The zero-order chi connectivity index (χ0) is 10.9. The van der Waals surface area contributed by atoms with Crippen LogP contribution >= 0.6 is 0 Å². The quantitative estimate of drug-likeness (QED) is 0.639. The van der Waals surface area contributed by atoms with Crippen LogP contribution in [0.4, 0.5) is 0 Å². The zero-order valence-corrected chi connectivity index (χ0v) is 8.95. The van der Waals surface area contributed by atoms with Crippen LogP contribution in [0.15, 0.2) is 0 Å². The number of ether oxygens (including phenoxy) is 2. The van der Waals surface area contributed by atoms with E-state index in [2.05, 4.69) is 0 Å². The second-order valence-corrected chi connectivity index (χ2v) is 4.43. The largest absolute Gasteiger partial charge is 0.469 e. The number of hydrogen-bond donors (Lipinski definition) is 0. The van der Waals surface area contributed by atoms with E-state index in [0.717, 1.165) is 12.8 Å². The van der Waals surface area contributed by atoms with Gasteiger partial charge in [0.1, 0.15) is 5.78 Å². The van der Waals surface area contributed by atoms with Crippen LogP contribution in [0.3, 0.4) is 0 Å². The molecule has 2 fully saturated rings. The number of ketones is 1. The number of carbonyl (C=O) groups excluding carboxylic acids is 2. The van der Waals surface area contributed by atoms with Gasteiger partial charge >= 0.3 is 5.97 Å². The minimum Gasteiger partial charge on any atom is -0.469 e. The third-order valence-corrected chi connectivity index (χ3v) is 3.62. The first-order valence-electron chi connectivity index (χ1n) is 5.37. The van der Waals surface area contributed by atoms with Crippen LogP contribution in [0.1, 0.15) is 25.7 Å². The average Bonchev–Trinajstić information content (AvgIpc) is 2.24. The molecule has 1 aliphatic heterocycles. The van der Waals surface area contributed by atoms with Crippen molar-refractivity contribution < 1.29 is 19.1 Å². The normalized spacial score (nSPS) is 25.8. The summed E-state index contributed by atoms with van der Waals surface area (Å²) >= 11 is 0. The summed E-state index contributed by atoms with van der Waals surface area (Å²) in [4.78, 5) is 22.9. The Balaban J connectivity index is 2.11. The van der Waals surface area contributed by atoms with Crippen molar-refractivity contribution in [2.45, 2.75) is 25.7 Å². The fraction of sp³-hybridized carbons (Fsp3) is 0.818. The van der Waals surface area contributed by atoms with Gasteiger partial charge in [-0.15, -0.1) is 0 Å². The summed E-state index contributed by atoms with van der Waals surface area (Å²) in [5.74, 6) is 0.220. The first-order valence-corrected chi connectivity index (χ1v) is 5.37. The molecular weight excluding hydrogens is 196 g/mol. The Bertz CT molecular complexity index is 270. The lowest BCUT2D eigenvalue weighted by Gasteiger charge is -2.45. The topological polar surface area (TPSA) is 52.6 Å². The molecule has 1 heterocycles. The lowest BCUT2D eigenvalue weighted by Crippen LogP contribution is -2.51. The molecule has 0 N–H and O–H groups in total. The molecule has 2 rings (SSSR count). The summed E-state index contributed by atoms with van der Waals surface area (Å²) in [5.41, 5.74) is -0.518. The highest BCUT2D eigenvalue weighted by Gasteiger charge is 2.55. The van der Waals surface area contributed by atoms with Gasteiger partial charge in [0.25, 0.3) is 0 Å². The Morgan fingerprint density at radius 2 is 2.00 bits per heavy atom. The van der Waals surface area contributed by atoms with Crippen LogP contribution in [0.2, 0.25) is 0 Å². The van der Waals surface area contributed by atoms with E-state index in [-0.39, 0.29) is 17.7 Å². The number of Topliss-reactive ketones (excluding diaryl/α,β-unsaturated/α-hetero) is 1. The summed E-state index contributed by atoms with van der Waals surface area (Å²) in [7, 11) is 1.40. The van der Waals surface area contributed by atoms with E-state index in [1.807, 2.05) is 0 Å². The van der Waals surface area contributed by atoms with Crippen molar-refractivity contribution in [1.82, 2.24) is 0 Å². The van der Waals surface area contributed by atoms with Crippen LogP contribution in [-0.4, -0.2) is 32.1 Å². The van der Waals surface area contributed by atoms with Crippen LogP contribution in [0, 0.1) is 11.3 Å². The Labute approximate surface area is 88.9 Å². The maximum Gasteiger partial charge on any atom is 0.312 e. The molecule has 1 aliphatic carbocycles. The Morgan fingerprint density at radius 1 is 1.40 bits per heavy atom. The highest BCUT2D eigenvalue weighted by molar-refractivity contribution is 5.97. The number of esters is 1. The van der Waals surface area contributed by atoms with Crippen molar-refractivity contribution in [3.63, 3.8) is 0 Å². The predicted molar refractivity (Wildman–Crippen MR) is 52.2 cm³/mol. The second-order valence-electron chi connectivity index (χ2n) is 4.43. The first kappa shape index (κ1) is 10.6. The first-order chi connectivity index (χ1) is 7.19. The standard InChI is InChI=1S/C11H16O4/c1-14-10(13)11(6-9(12)7-11)8-2-4-15-5-3-8/h8H,2-7H2,1H3. The number of carbonyl (C=O) groups is 2. The molecule has 15 heavy (non-hydrogen) atoms. The molecule has 0 bridgehead atoms. The predicted octanol–water partition coefficient (Wildman–Crippen LogP) is 0.935. The number of rotatable bonds is 2. The van der Waals surface area contributed by atoms with Gasteiger partial charge in [0.05, 0.1) is 12.5 Å². The molecule has 1 saturated carbocycles. The van der Waals surface area contributed by atoms with Gasteiger partial charge in [0.15, 0.2) is 0 Å². The molecule has 1 saturated heterocycles. The SMILES string of the molecule is COC(=O)C1(C2CCOCC2)CC(=O)C1. The average molecular weight is 212 g/mol.